The van der Waals surface area contributed by atoms with E-state index in [9.17, 15) is 149 Å². The molecule has 0 aliphatic carbocycles. The fourth-order valence-corrected chi connectivity index (χ4v) is 5.33. The molecular formula is C18F34O2S. The van der Waals surface area contributed by atoms with Gasteiger partial charge < -0.3 is 0 Å². The van der Waals surface area contributed by atoms with Gasteiger partial charge in [-0.25, -0.2) is 26.0 Å². The number of hydrogen-bond acceptors (Lipinski definition) is 2. The van der Waals surface area contributed by atoms with Gasteiger partial charge in [-0.1, -0.05) is 0 Å². The second-order valence-electron chi connectivity index (χ2n) is 9.50. The third-order valence-electron chi connectivity index (χ3n) is 5.98. The number of sulfone groups is 1. The highest BCUT2D eigenvalue weighted by Crippen LogP contribution is 2.68. The molecule has 2 nitrogen and oxygen atoms in total. The topological polar surface area (TPSA) is 34.1 Å². The molecule has 0 aliphatic rings. The summed E-state index contributed by atoms with van der Waals surface area (Å²) in [5, 5.41) is -21.3. The molecule has 0 aromatic heterocycles. The zero-order chi connectivity index (χ0) is 45.8. The summed E-state index contributed by atoms with van der Waals surface area (Å²) in [6, 6.07) is 0. The van der Waals surface area contributed by atoms with Crippen LogP contribution in [0.4, 0.5) is 149 Å². The summed E-state index contributed by atoms with van der Waals surface area (Å²) in [6.07, 6.45) is -52.4. The van der Waals surface area contributed by atoms with Gasteiger partial charge in [0.15, 0.2) is 22.8 Å². The standard InChI is InChI=1S/C18F34O2S/c19-3(1(7(23,24)25)8(26,27)28)5(21,11(35,36)13(39,40)15(43,44)17(47,48)49)55(53,54)6(22,4(20)2(9(29,30)31)10(32,33)34)12(37,38)14(41,42)16(45,46)18(50,51)52. The van der Waals surface area contributed by atoms with Crippen molar-refractivity contribution < 1.29 is 158 Å². The zero-order valence-electron chi connectivity index (χ0n) is 23.1. The Morgan fingerprint density at radius 1 is 0.273 bits per heavy atom. The second kappa shape index (κ2) is 13.0. The van der Waals surface area contributed by atoms with Crippen molar-refractivity contribution in [3.8, 4) is 0 Å². The summed E-state index contributed by atoms with van der Waals surface area (Å²) in [7, 11) is -12.1. The lowest BCUT2D eigenvalue weighted by molar-refractivity contribution is -0.407. The molecule has 0 fully saturated rings. The van der Waals surface area contributed by atoms with E-state index >= 15 is 8.78 Å². The summed E-state index contributed by atoms with van der Waals surface area (Å²) in [6.45, 7) is 0. The van der Waals surface area contributed by atoms with Crippen molar-refractivity contribution in [3.63, 3.8) is 0 Å². The van der Waals surface area contributed by atoms with Crippen LogP contribution in [0, 0.1) is 0 Å². The Labute approximate surface area is 274 Å². The Balaban J connectivity index is 10.3. The van der Waals surface area contributed by atoms with Crippen molar-refractivity contribution in [1.29, 1.82) is 0 Å². The molecular weight excluding hydrogens is 926 g/mol. The molecule has 55 heavy (non-hydrogen) atoms. The smallest absolute Gasteiger partial charge is 0.221 e. The van der Waals surface area contributed by atoms with Crippen molar-refractivity contribution in [2.24, 2.45) is 0 Å². The molecule has 0 heterocycles. The van der Waals surface area contributed by atoms with Crippen LogP contribution in [0.1, 0.15) is 0 Å². The normalized spacial score (nSPS) is 18.1. The summed E-state index contributed by atoms with van der Waals surface area (Å²) in [4.78, 5) is 0. The van der Waals surface area contributed by atoms with Crippen LogP contribution in [0.5, 0.6) is 0 Å². The summed E-state index contributed by atoms with van der Waals surface area (Å²) in [5.74, 6) is -74.9. The number of allylic oxidation sites excluding steroid dienone is 2. The molecule has 0 aromatic rings. The fourth-order valence-electron chi connectivity index (χ4n) is 3.34. The summed E-state index contributed by atoms with van der Waals surface area (Å²) < 4.78 is 485. The number of rotatable bonds is 10. The lowest BCUT2D eigenvalue weighted by atomic mass is 9.95. The lowest BCUT2D eigenvalue weighted by Gasteiger charge is -2.45. The molecule has 2 atom stereocenters. The summed E-state index contributed by atoms with van der Waals surface area (Å²) >= 11 is 0. The lowest BCUT2D eigenvalue weighted by Crippen LogP contribution is -2.76. The first-order valence-electron chi connectivity index (χ1n) is 11.2. The maximum absolute atomic E-state index is 15.7. The minimum atomic E-state index is -12.1. The molecule has 0 bridgehead atoms. The van der Waals surface area contributed by atoms with Crippen LogP contribution < -0.4 is 0 Å². The van der Waals surface area contributed by atoms with E-state index in [0.717, 1.165) is 0 Å². The van der Waals surface area contributed by atoms with Crippen molar-refractivity contribution >= 4 is 9.84 Å². The van der Waals surface area contributed by atoms with E-state index in [1.807, 2.05) is 0 Å². The maximum atomic E-state index is 15.7. The quantitative estimate of drug-likeness (QED) is 0.205. The molecule has 0 N–H and O–H groups in total. The van der Waals surface area contributed by atoms with E-state index in [0.29, 0.717) is 0 Å². The van der Waals surface area contributed by atoms with Gasteiger partial charge in [0.05, 0.1) is 0 Å². The minimum Gasteiger partial charge on any atom is -0.221 e. The third-order valence-corrected chi connectivity index (χ3v) is 8.33. The van der Waals surface area contributed by atoms with Gasteiger partial charge >= 0.3 is 82.6 Å². The third kappa shape index (κ3) is 7.15. The van der Waals surface area contributed by atoms with Gasteiger partial charge in [0, 0.05) is 0 Å². The molecule has 0 rings (SSSR count). The van der Waals surface area contributed by atoms with E-state index < -0.39 is 115 Å². The average molecular weight is 926 g/mol. The number of halogens is 34. The summed E-state index contributed by atoms with van der Waals surface area (Å²) in [5.41, 5.74) is -13.3. The van der Waals surface area contributed by atoms with Gasteiger partial charge in [0.1, 0.15) is 0 Å². The first-order chi connectivity index (χ1) is 23.1. The Hall–Kier alpha value is -2.95. The van der Waals surface area contributed by atoms with E-state index in [1.165, 1.54) is 0 Å². The van der Waals surface area contributed by atoms with Gasteiger partial charge in [0.2, 0.25) is 9.84 Å². The number of alkyl halides is 32. The molecule has 0 spiro atoms. The van der Waals surface area contributed by atoms with E-state index in [4.69, 9.17) is 0 Å². The van der Waals surface area contributed by atoms with E-state index in [1.54, 1.807) is 0 Å². The monoisotopic (exact) mass is 926 g/mol. The SMILES string of the molecule is O=S(=O)(C(F)(C(F)=C(C(F)(F)F)C(F)(F)F)C(F)(F)C(F)(F)C(F)(F)C(F)(F)F)C(F)(C(F)=C(C(F)(F)F)C(F)(F)F)C(F)(F)C(F)(F)C(F)(F)C(F)(F)F. The predicted octanol–water partition coefficient (Wildman–Crippen LogP) is 11.4. The predicted molar refractivity (Wildman–Crippen MR) is 98.9 cm³/mol. The van der Waals surface area contributed by atoms with Crippen LogP contribution in [-0.2, 0) is 9.84 Å². The van der Waals surface area contributed by atoms with Crippen LogP contribution in [0.3, 0.4) is 0 Å². The second-order valence-corrected chi connectivity index (χ2v) is 11.6. The Morgan fingerprint density at radius 2 is 0.436 bits per heavy atom. The van der Waals surface area contributed by atoms with E-state index in [2.05, 4.69) is 0 Å². The van der Waals surface area contributed by atoms with Crippen LogP contribution in [0.15, 0.2) is 22.8 Å². The van der Waals surface area contributed by atoms with Crippen LogP contribution in [0.25, 0.3) is 0 Å². The van der Waals surface area contributed by atoms with Crippen molar-refractivity contribution in [1.82, 2.24) is 0 Å². The van der Waals surface area contributed by atoms with Crippen LogP contribution in [0.2, 0.25) is 0 Å². The molecule has 2 unspecified atom stereocenters. The van der Waals surface area contributed by atoms with Crippen LogP contribution in [-0.4, -0.2) is 91.0 Å². The first-order valence-corrected chi connectivity index (χ1v) is 12.7. The van der Waals surface area contributed by atoms with Gasteiger partial charge in [0.25, 0.3) is 0 Å². The molecule has 0 saturated carbocycles. The Kier molecular flexibility index (Phi) is 12.3. The number of hydrogen-bond donors (Lipinski definition) is 0. The fraction of sp³-hybridized carbons (Fsp3) is 0.778. The maximum Gasteiger partial charge on any atom is 0.460 e. The molecule has 37 heteroatoms. The van der Waals surface area contributed by atoms with Crippen molar-refractivity contribution in [2.75, 3.05) is 0 Å². The minimum absolute atomic E-state index is 6.65. The van der Waals surface area contributed by atoms with Gasteiger partial charge in [-0.15, -0.1) is 0 Å². The Morgan fingerprint density at radius 3 is 0.564 bits per heavy atom. The molecule has 328 valence electrons. The molecule has 0 aliphatic heterocycles. The first kappa shape index (κ1) is 52.0. The van der Waals surface area contributed by atoms with Gasteiger partial charge in [-0.05, 0) is 0 Å². The average Bonchev–Trinajstić information content (AvgIpc) is 2.86. The van der Waals surface area contributed by atoms with Gasteiger partial charge in [-0.3, -0.25) is 0 Å². The van der Waals surface area contributed by atoms with Crippen LogP contribution >= 0.6 is 0 Å². The molecule has 0 amide bonds. The largest absolute Gasteiger partial charge is 0.460 e. The van der Waals surface area contributed by atoms with Crippen molar-refractivity contribution in [3.05, 3.63) is 22.8 Å². The Bertz CT molecular complexity index is 1470. The highest BCUT2D eigenvalue weighted by Gasteiger charge is 2.97. The highest BCUT2D eigenvalue weighted by molar-refractivity contribution is 7.94. The molecule has 0 radical (unpaired) electrons. The van der Waals surface area contributed by atoms with Gasteiger partial charge in [-0.2, -0.15) is 132 Å². The highest BCUT2D eigenvalue weighted by atomic mass is 32.2. The zero-order valence-corrected chi connectivity index (χ0v) is 23.9. The molecule has 0 saturated heterocycles. The van der Waals surface area contributed by atoms with Crippen molar-refractivity contribution in [2.45, 2.75) is 82.6 Å². The molecule has 0 aromatic carbocycles. The van der Waals surface area contributed by atoms with E-state index in [-0.39, 0.29) is 0 Å².